The highest BCUT2D eigenvalue weighted by Gasteiger charge is 2.57. The first-order valence-corrected chi connectivity index (χ1v) is 16.3. The number of carbonyl (C=O) groups excluding carboxylic acids is 1. The molecule has 0 spiro atoms. The smallest absolute Gasteiger partial charge is 0.269 e. The zero-order valence-electron chi connectivity index (χ0n) is 25.6. The van der Waals surface area contributed by atoms with Crippen molar-refractivity contribution in [2.75, 3.05) is 23.3 Å². The first-order valence-electron chi connectivity index (χ1n) is 14.9. The van der Waals surface area contributed by atoms with Crippen molar-refractivity contribution in [1.82, 2.24) is 23.5 Å². The highest BCUT2D eigenvalue weighted by atomic mass is 32.2. The molecule has 0 bridgehead atoms. The fourth-order valence-corrected chi connectivity index (χ4v) is 8.40. The number of anilines is 2. The molecule has 246 valence electrons. The van der Waals surface area contributed by atoms with Crippen LogP contribution in [0, 0.1) is 40.0 Å². The van der Waals surface area contributed by atoms with E-state index in [-0.39, 0.29) is 39.5 Å². The van der Waals surface area contributed by atoms with Gasteiger partial charge in [-0.15, -0.1) is 0 Å². The molecule has 1 aliphatic carbocycles. The number of fused-ring (bicyclic) bond motifs is 2. The van der Waals surface area contributed by atoms with E-state index in [1.807, 2.05) is 0 Å². The van der Waals surface area contributed by atoms with Gasteiger partial charge >= 0.3 is 0 Å². The van der Waals surface area contributed by atoms with Crippen LogP contribution in [0.25, 0.3) is 16.6 Å². The Morgan fingerprint density at radius 1 is 1.17 bits per heavy atom. The molecule has 2 fully saturated rings. The van der Waals surface area contributed by atoms with Crippen molar-refractivity contribution in [3.63, 3.8) is 0 Å². The number of non-ortho nitro benzene ring substituents is 1. The standard InChI is InChI=1S/C31H27F2N9O5S/c1-18-13-40-14-19(11-25(33)29(40)35-18)36-30(43)27-24(32)12-26(23-16-38(2)37-28(23)27)39-10-7-21(15-39)41(31(17-34)8-9-31)48(46,47)22-5-3-20(4-6-22)42(44)45/h3-6,11-14,16,21H,7-10,15H2,1-2H3,(H,36,43)/t21-/m1/s1. The van der Waals surface area contributed by atoms with E-state index in [0.29, 0.717) is 42.6 Å². The largest absolute Gasteiger partial charge is 0.369 e. The van der Waals surface area contributed by atoms with Gasteiger partial charge in [0.05, 0.1) is 33.0 Å². The number of aromatic nitrogens is 4. The minimum absolute atomic E-state index is 0.0551. The van der Waals surface area contributed by atoms with E-state index in [0.717, 1.165) is 30.3 Å². The van der Waals surface area contributed by atoms with Crippen molar-refractivity contribution in [2.24, 2.45) is 7.05 Å². The maximum Gasteiger partial charge on any atom is 0.269 e. The highest BCUT2D eigenvalue weighted by Crippen LogP contribution is 2.47. The van der Waals surface area contributed by atoms with Crippen molar-refractivity contribution in [2.45, 2.75) is 42.7 Å². The van der Waals surface area contributed by atoms with Gasteiger partial charge in [-0.2, -0.15) is 14.7 Å². The fraction of sp³-hybridized carbons (Fsp3) is 0.290. The van der Waals surface area contributed by atoms with Gasteiger partial charge in [-0.3, -0.25) is 19.6 Å². The summed E-state index contributed by atoms with van der Waals surface area (Å²) in [5.74, 6) is -2.40. The summed E-state index contributed by atoms with van der Waals surface area (Å²) in [6.07, 6.45) is 5.64. The van der Waals surface area contributed by atoms with Gasteiger partial charge in [-0.05, 0) is 44.4 Å². The Balaban J connectivity index is 1.20. The first kappa shape index (κ1) is 31.1. The van der Waals surface area contributed by atoms with Gasteiger partial charge in [-0.1, -0.05) is 0 Å². The van der Waals surface area contributed by atoms with Gasteiger partial charge in [0.25, 0.3) is 11.6 Å². The molecule has 0 unspecified atom stereocenters. The van der Waals surface area contributed by atoms with Gasteiger partial charge in [-0.25, -0.2) is 22.2 Å². The summed E-state index contributed by atoms with van der Waals surface area (Å²) in [4.78, 5) is 29.6. The van der Waals surface area contributed by atoms with Crippen molar-refractivity contribution >= 4 is 49.5 Å². The molecule has 1 atom stereocenters. The zero-order valence-corrected chi connectivity index (χ0v) is 26.4. The summed E-state index contributed by atoms with van der Waals surface area (Å²) in [7, 11) is -2.65. The molecule has 17 heteroatoms. The van der Waals surface area contributed by atoms with E-state index >= 15 is 4.39 Å². The molecule has 2 aliphatic rings. The van der Waals surface area contributed by atoms with E-state index in [9.17, 15) is 33.0 Å². The average Bonchev–Trinajstić information content (AvgIpc) is 3.29. The third-order valence-electron chi connectivity index (χ3n) is 8.75. The molecule has 1 N–H and O–H groups in total. The Bertz CT molecular complexity index is 2310. The Hall–Kier alpha value is -5.47. The summed E-state index contributed by atoms with van der Waals surface area (Å²) in [5, 5.41) is 28.5. The van der Waals surface area contributed by atoms with Gasteiger partial charge < -0.3 is 14.6 Å². The second-order valence-electron chi connectivity index (χ2n) is 12.0. The zero-order chi connectivity index (χ0) is 34.1. The van der Waals surface area contributed by atoms with Crippen LogP contribution in [-0.2, 0) is 17.1 Å². The molecule has 1 aliphatic heterocycles. The summed E-state index contributed by atoms with van der Waals surface area (Å²) >= 11 is 0. The van der Waals surface area contributed by atoms with Gasteiger partial charge in [0.1, 0.15) is 22.4 Å². The number of nitriles is 1. The number of benzene rings is 2. The predicted octanol–water partition coefficient (Wildman–Crippen LogP) is 4.29. The molecular formula is C31H27F2N9O5S. The van der Waals surface area contributed by atoms with Gasteiger partial charge in [0.15, 0.2) is 11.5 Å². The predicted molar refractivity (Wildman–Crippen MR) is 169 cm³/mol. The number of nitrogens with one attached hydrogen (secondary N) is 1. The molecule has 7 rings (SSSR count). The van der Waals surface area contributed by atoms with E-state index in [1.54, 1.807) is 31.3 Å². The third kappa shape index (κ3) is 5.09. The SMILES string of the molecule is Cc1cn2cc(NC(=O)c3c(F)cc(N4CC[C@@H](N(C5(C#N)CC5)S(=O)(=O)c5ccc([N+](=O)[O-])cc5)C4)c4cn(C)nc34)cc(F)c2n1. The Kier molecular flexibility index (Phi) is 7.18. The molecule has 3 aromatic heterocycles. The molecule has 4 heterocycles. The molecular weight excluding hydrogens is 648 g/mol. The van der Waals surface area contributed by atoms with Crippen LogP contribution in [0.3, 0.4) is 0 Å². The highest BCUT2D eigenvalue weighted by molar-refractivity contribution is 7.89. The first-order chi connectivity index (χ1) is 22.8. The van der Waals surface area contributed by atoms with Crippen LogP contribution in [0.1, 0.15) is 35.3 Å². The number of nitro benzene ring substituents is 1. The molecule has 1 saturated heterocycles. The number of imidazole rings is 1. The number of aryl methyl sites for hydroxylation is 2. The Morgan fingerprint density at radius 2 is 1.90 bits per heavy atom. The van der Waals surface area contributed by atoms with E-state index in [1.165, 1.54) is 25.7 Å². The maximum absolute atomic E-state index is 15.9. The van der Waals surface area contributed by atoms with Crippen LogP contribution >= 0.6 is 0 Å². The summed E-state index contributed by atoms with van der Waals surface area (Å²) < 4.78 is 62.6. The molecule has 2 aromatic carbocycles. The van der Waals surface area contributed by atoms with Crippen LogP contribution in [0.15, 0.2) is 59.9 Å². The lowest BCUT2D eigenvalue weighted by molar-refractivity contribution is -0.384. The minimum Gasteiger partial charge on any atom is -0.369 e. The number of hydrogen-bond acceptors (Lipinski definition) is 9. The van der Waals surface area contributed by atoms with Crippen LogP contribution in [0.2, 0.25) is 0 Å². The third-order valence-corrected chi connectivity index (χ3v) is 10.8. The second-order valence-corrected chi connectivity index (χ2v) is 13.9. The van der Waals surface area contributed by atoms with Crippen molar-refractivity contribution in [3.05, 3.63) is 88.0 Å². The number of nitro groups is 1. The van der Waals surface area contributed by atoms with Crippen molar-refractivity contribution in [3.8, 4) is 6.07 Å². The molecule has 48 heavy (non-hydrogen) atoms. The van der Waals surface area contributed by atoms with Crippen molar-refractivity contribution in [1.29, 1.82) is 5.26 Å². The minimum atomic E-state index is -4.26. The quantitative estimate of drug-likeness (QED) is 0.186. The number of sulfonamides is 1. The second kappa shape index (κ2) is 11.1. The lowest BCUT2D eigenvalue weighted by atomic mass is 10.1. The lowest BCUT2D eigenvalue weighted by Gasteiger charge is -2.32. The fourth-order valence-electron chi connectivity index (χ4n) is 6.44. The summed E-state index contributed by atoms with van der Waals surface area (Å²) in [6.45, 7) is 2.11. The van der Waals surface area contributed by atoms with Crippen molar-refractivity contribution < 1.29 is 26.9 Å². The van der Waals surface area contributed by atoms with Crippen LogP contribution in [0.4, 0.5) is 25.8 Å². The molecule has 1 saturated carbocycles. The van der Waals surface area contributed by atoms with Crippen LogP contribution in [0.5, 0.6) is 0 Å². The molecule has 0 radical (unpaired) electrons. The number of hydrogen-bond donors (Lipinski definition) is 1. The summed E-state index contributed by atoms with van der Waals surface area (Å²) in [5.41, 5.74) is -0.714. The normalized spacial score (nSPS) is 17.2. The lowest BCUT2D eigenvalue weighted by Crippen LogP contribution is -2.49. The van der Waals surface area contributed by atoms with E-state index < -0.39 is 44.1 Å². The van der Waals surface area contributed by atoms with Crippen LogP contribution in [-0.4, -0.2) is 67.4 Å². The number of halogens is 2. The number of carbonyl (C=O) groups is 1. The number of nitrogens with zero attached hydrogens (tertiary/aromatic N) is 8. The van der Waals surface area contributed by atoms with Crippen LogP contribution < -0.4 is 10.2 Å². The van der Waals surface area contributed by atoms with Gasteiger partial charge in [0, 0.05) is 68.4 Å². The Labute approximate surface area is 272 Å². The monoisotopic (exact) mass is 675 g/mol. The average molecular weight is 676 g/mol. The van der Waals surface area contributed by atoms with Gasteiger partial charge in [0.2, 0.25) is 10.0 Å². The number of amides is 1. The topological polar surface area (TPSA) is 172 Å². The molecule has 14 nitrogen and oxygen atoms in total. The Morgan fingerprint density at radius 3 is 2.56 bits per heavy atom. The van der Waals surface area contributed by atoms with E-state index in [2.05, 4.69) is 21.5 Å². The van der Waals surface area contributed by atoms with E-state index in [4.69, 9.17) is 0 Å². The summed E-state index contributed by atoms with van der Waals surface area (Å²) in [6, 6.07) is 8.28. The molecule has 5 aromatic rings. The maximum atomic E-state index is 15.9. The molecule has 1 amide bonds. The number of rotatable bonds is 8. The number of pyridine rings is 1.